The topological polar surface area (TPSA) is 59.8 Å². The molecule has 0 aliphatic rings. The summed E-state index contributed by atoms with van der Waals surface area (Å²) in [6.07, 6.45) is 0. The van der Waals surface area contributed by atoms with E-state index in [4.69, 9.17) is 0 Å². The molecule has 10 heteroatoms. The van der Waals surface area contributed by atoms with Crippen LogP contribution in [0, 0.1) is 36.0 Å². The molecule has 0 aliphatic carbocycles. The molecular formula is C20H11F5N4O. The van der Waals surface area contributed by atoms with Crippen LogP contribution in [0.15, 0.2) is 42.5 Å². The number of carbonyl (C=O) groups excluding carboxylic acids is 1. The highest BCUT2D eigenvalue weighted by Gasteiger charge is 2.29. The van der Waals surface area contributed by atoms with Crippen molar-refractivity contribution in [3.05, 3.63) is 82.7 Å². The number of aryl methyl sites for hydroxylation is 1. The quantitative estimate of drug-likeness (QED) is 0.299. The number of benzene rings is 3. The summed E-state index contributed by atoms with van der Waals surface area (Å²) < 4.78 is 67.5. The minimum Gasteiger partial charge on any atom is -0.322 e. The van der Waals surface area contributed by atoms with Gasteiger partial charge in [0.2, 0.25) is 5.82 Å². The van der Waals surface area contributed by atoms with Crippen molar-refractivity contribution >= 4 is 22.6 Å². The summed E-state index contributed by atoms with van der Waals surface area (Å²) in [5, 5.41) is 10.7. The van der Waals surface area contributed by atoms with Gasteiger partial charge in [-0.1, -0.05) is 17.7 Å². The second-order valence-corrected chi connectivity index (χ2v) is 6.43. The van der Waals surface area contributed by atoms with Gasteiger partial charge >= 0.3 is 0 Å². The third-order valence-electron chi connectivity index (χ3n) is 4.34. The van der Waals surface area contributed by atoms with Gasteiger partial charge in [-0.05, 0) is 37.3 Å². The first-order chi connectivity index (χ1) is 14.3. The first-order valence-corrected chi connectivity index (χ1v) is 8.53. The number of fused-ring (bicyclic) bond motifs is 1. The Morgan fingerprint density at radius 1 is 0.800 bits per heavy atom. The Labute approximate surface area is 165 Å². The maximum absolute atomic E-state index is 13.8. The summed E-state index contributed by atoms with van der Waals surface area (Å²) in [5.41, 5.74) is 0.996. The van der Waals surface area contributed by atoms with Gasteiger partial charge < -0.3 is 5.32 Å². The van der Waals surface area contributed by atoms with Crippen LogP contribution in [-0.2, 0) is 0 Å². The van der Waals surface area contributed by atoms with Crippen molar-refractivity contribution in [3.8, 4) is 5.69 Å². The molecule has 0 spiro atoms. The molecule has 0 fully saturated rings. The molecule has 0 saturated heterocycles. The fourth-order valence-electron chi connectivity index (χ4n) is 2.78. The van der Waals surface area contributed by atoms with Crippen molar-refractivity contribution in [2.24, 2.45) is 0 Å². The zero-order valence-electron chi connectivity index (χ0n) is 15.2. The Hall–Kier alpha value is -3.82. The molecule has 4 aromatic rings. The SMILES string of the molecule is Cc1ccc(-n2nc3ccc(NC(=O)c4c(F)c(F)c(F)c(F)c4F)cc3n2)cc1. The number of carbonyl (C=O) groups is 1. The lowest BCUT2D eigenvalue weighted by Crippen LogP contribution is -2.19. The van der Waals surface area contributed by atoms with Crippen molar-refractivity contribution in [3.63, 3.8) is 0 Å². The summed E-state index contributed by atoms with van der Waals surface area (Å²) >= 11 is 0. The van der Waals surface area contributed by atoms with E-state index < -0.39 is 40.6 Å². The Balaban J connectivity index is 1.66. The minimum atomic E-state index is -2.34. The van der Waals surface area contributed by atoms with Crippen molar-refractivity contribution < 1.29 is 26.7 Å². The van der Waals surface area contributed by atoms with E-state index in [-0.39, 0.29) is 5.69 Å². The van der Waals surface area contributed by atoms with Crippen LogP contribution in [0.1, 0.15) is 15.9 Å². The van der Waals surface area contributed by atoms with Gasteiger partial charge in [0.25, 0.3) is 5.91 Å². The second-order valence-electron chi connectivity index (χ2n) is 6.43. The third-order valence-corrected chi connectivity index (χ3v) is 4.34. The molecule has 0 saturated carbocycles. The second kappa shape index (κ2) is 7.21. The smallest absolute Gasteiger partial charge is 0.261 e. The van der Waals surface area contributed by atoms with E-state index in [9.17, 15) is 26.7 Å². The third kappa shape index (κ3) is 3.25. The van der Waals surface area contributed by atoms with E-state index in [1.54, 1.807) is 12.1 Å². The summed E-state index contributed by atoms with van der Waals surface area (Å²) in [4.78, 5) is 13.5. The highest BCUT2D eigenvalue weighted by molar-refractivity contribution is 6.05. The number of hydrogen-bond donors (Lipinski definition) is 1. The van der Waals surface area contributed by atoms with Gasteiger partial charge in [-0.25, -0.2) is 22.0 Å². The predicted molar refractivity (Wildman–Crippen MR) is 97.8 cm³/mol. The van der Waals surface area contributed by atoms with Crippen LogP contribution in [0.3, 0.4) is 0 Å². The van der Waals surface area contributed by atoms with Crippen LogP contribution in [0.25, 0.3) is 16.7 Å². The van der Waals surface area contributed by atoms with Gasteiger partial charge in [0.05, 0.1) is 5.69 Å². The highest BCUT2D eigenvalue weighted by Crippen LogP contribution is 2.25. The van der Waals surface area contributed by atoms with E-state index in [1.807, 2.05) is 19.1 Å². The van der Waals surface area contributed by atoms with Crippen molar-refractivity contribution in [1.82, 2.24) is 15.0 Å². The number of amides is 1. The maximum atomic E-state index is 13.8. The lowest BCUT2D eigenvalue weighted by molar-refractivity contribution is 0.101. The molecule has 30 heavy (non-hydrogen) atoms. The van der Waals surface area contributed by atoms with Crippen LogP contribution >= 0.6 is 0 Å². The zero-order chi connectivity index (χ0) is 21.6. The van der Waals surface area contributed by atoms with Gasteiger partial charge in [0.1, 0.15) is 16.6 Å². The van der Waals surface area contributed by atoms with Gasteiger partial charge in [0.15, 0.2) is 23.3 Å². The van der Waals surface area contributed by atoms with E-state index >= 15 is 0 Å². The fraction of sp³-hybridized carbons (Fsp3) is 0.0500. The number of hydrogen-bond acceptors (Lipinski definition) is 3. The number of nitrogens with zero attached hydrogens (tertiary/aromatic N) is 3. The fourth-order valence-corrected chi connectivity index (χ4v) is 2.78. The molecule has 4 rings (SSSR count). The molecule has 0 bridgehead atoms. The molecule has 1 N–H and O–H groups in total. The highest BCUT2D eigenvalue weighted by atomic mass is 19.2. The Kier molecular flexibility index (Phi) is 4.69. The van der Waals surface area contributed by atoms with E-state index in [0.717, 1.165) is 5.56 Å². The molecule has 1 aromatic heterocycles. The van der Waals surface area contributed by atoms with Crippen LogP contribution < -0.4 is 5.32 Å². The number of aromatic nitrogens is 3. The summed E-state index contributed by atoms with van der Waals surface area (Å²) in [5.74, 6) is -12.7. The number of nitrogens with one attached hydrogen (secondary N) is 1. The molecule has 0 atom stereocenters. The molecule has 0 unspecified atom stereocenters. The number of halogens is 5. The monoisotopic (exact) mass is 418 g/mol. The van der Waals surface area contributed by atoms with Gasteiger partial charge in [-0.3, -0.25) is 4.79 Å². The molecule has 1 heterocycles. The molecule has 1 amide bonds. The average molecular weight is 418 g/mol. The van der Waals surface area contributed by atoms with Gasteiger partial charge in [-0.15, -0.1) is 10.2 Å². The Morgan fingerprint density at radius 3 is 2.00 bits per heavy atom. The van der Waals surface area contributed by atoms with E-state index in [0.29, 0.717) is 16.7 Å². The van der Waals surface area contributed by atoms with Crippen LogP contribution in [0.2, 0.25) is 0 Å². The summed E-state index contributed by atoms with van der Waals surface area (Å²) in [6.45, 7) is 1.93. The molecule has 5 nitrogen and oxygen atoms in total. The predicted octanol–water partition coefficient (Wildman–Crippen LogP) is 4.68. The number of anilines is 1. The van der Waals surface area contributed by atoms with Crippen LogP contribution in [-0.4, -0.2) is 20.9 Å². The average Bonchev–Trinajstić information content (AvgIpc) is 3.15. The summed E-state index contributed by atoms with van der Waals surface area (Å²) in [7, 11) is 0. The van der Waals surface area contributed by atoms with Crippen molar-refractivity contribution in [2.75, 3.05) is 5.32 Å². The van der Waals surface area contributed by atoms with E-state index in [1.165, 1.54) is 23.0 Å². The van der Waals surface area contributed by atoms with Crippen molar-refractivity contribution in [2.45, 2.75) is 6.92 Å². The Bertz CT molecular complexity index is 1270. The maximum Gasteiger partial charge on any atom is 0.261 e. The van der Waals surface area contributed by atoms with E-state index in [2.05, 4.69) is 15.5 Å². The Morgan fingerprint density at radius 2 is 1.37 bits per heavy atom. The van der Waals surface area contributed by atoms with Crippen LogP contribution in [0.5, 0.6) is 0 Å². The molecule has 0 radical (unpaired) electrons. The molecule has 152 valence electrons. The minimum absolute atomic E-state index is 0.0346. The van der Waals surface area contributed by atoms with Crippen molar-refractivity contribution in [1.29, 1.82) is 0 Å². The standard InChI is InChI=1S/C20H11F5N4O/c1-9-2-5-11(6-3-9)29-27-12-7-4-10(8-13(12)28-29)26-20(30)14-15(21)17(23)19(25)18(24)16(14)22/h2-8H,1H3,(H,26,30). The molecular weight excluding hydrogens is 407 g/mol. The lowest BCUT2D eigenvalue weighted by atomic mass is 10.1. The normalized spacial score (nSPS) is 11.1. The largest absolute Gasteiger partial charge is 0.322 e. The first-order valence-electron chi connectivity index (χ1n) is 8.53. The number of rotatable bonds is 3. The van der Waals surface area contributed by atoms with Crippen LogP contribution in [0.4, 0.5) is 27.6 Å². The molecule has 3 aromatic carbocycles. The first kappa shape index (κ1) is 19.5. The van der Waals surface area contributed by atoms with Gasteiger partial charge in [-0.2, -0.15) is 4.80 Å². The lowest BCUT2D eigenvalue weighted by Gasteiger charge is -2.09. The molecule has 0 aliphatic heterocycles. The summed E-state index contributed by atoms with van der Waals surface area (Å²) in [6, 6.07) is 11.6. The van der Waals surface area contributed by atoms with Gasteiger partial charge in [0, 0.05) is 5.69 Å². The zero-order valence-corrected chi connectivity index (χ0v) is 15.2.